The van der Waals surface area contributed by atoms with E-state index >= 15 is 0 Å². The van der Waals surface area contributed by atoms with Crippen molar-refractivity contribution in [3.63, 3.8) is 0 Å². The van der Waals surface area contributed by atoms with E-state index in [2.05, 4.69) is 10.3 Å². The Hall–Kier alpha value is -1.47. The number of hydrogen-bond acceptors (Lipinski definition) is 4. The number of aromatic nitrogens is 1. The minimum absolute atomic E-state index is 0.266. The summed E-state index contributed by atoms with van der Waals surface area (Å²) in [5.74, 6) is 0. The third kappa shape index (κ3) is 3.26. The molecule has 2 aromatic rings. The number of nitrogens with one attached hydrogen (secondary N) is 1. The number of hydrogen-bond donors (Lipinski definition) is 1. The number of pyridine rings is 1. The molecule has 1 aromatic heterocycles. The Balaban J connectivity index is 2.02. The molecule has 1 unspecified atom stereocenters. The zero-order valence-electron chi connectivity index (χ0n) is 12.7. The van der Waals surface area contributed by atoms with Crippen molar-refractivity contribution < 1.29 is 8.42 Å². The molecule has 1 aliphatic heterocycles. The van der Waals surface area contributed by atoms with Crippen LogP contribution in [-0.2, 0) is 10.0 Å². The van der Waals surface area contributed by atoms with Crippen molar-refractivity contribution in [2.75, 3.05) is 19.6 Å². The molecule has 1 aliphatic rings. The molecule has 1 N–H and O–H groups in total. The number of benzene rings is 1. The van der Waals surface area contributed by atoms with Crippen molar-refractivity contribution >= 4 is 21.6 Å². The van der Waals surface area contributed by atoms with Gasteiger partial charge in [-0.1, -0.05) is 17.7 Å². The number of sulfonamides is 1. The molecule has 1 atom stereocenters. The number of halogens is 1. The molecule has 23 heavy (non-hydrogen) atoms. The summed E-state index contributed by atoms with van der Waals surface area (Å²) in [7, 11) is -3.60. The quantitative estimate of drug-likeness (QED) is 0.922. The van der Waals surface area contributed by atoms with Crippen LogP contribution >= 0.6 is 11.6 Å². The predicted molar refractivity (Wildman–Crippen MR) is 89.9 cm³/mol. The van der Waals surface area contributed by atoms with Gasteiger partial charge in [-0.3, -0.25) is 4.98 Å². The molecule has 0 bridgehead atoms. The first-order valence-corrected chi connectivity index (χ1v) is 9.20. The monoisotopic (exact) mass is 351 g/mol. The Labute approximate surface area is 141 Å². The Kier molecular flexibility index (Phi) is 4.68. The summed E-state index contributed by atoms with van der Waals surface area (Å²) in [5, 5.41) is 3.79. The lowest BCUT2D eigenvalue weighted by molar-refractivity contribution is 0.271. The average molecular weight is 352 g/mol. The van der Waals surface area contributed by atoms with E-state index in [0.29, 0.717) is 35.1 Å². The first-order chi connectivity index (χ1) is 11.0. The van der Waals surface area contributed by atoms with Gasteiger partial charge in [0.15, 0.2) is 0 Å². The Morgan fingerprint density at radius 3 is 2.87 bits per heavy atom. The molecule has 122 valence electrons. The van der Waals surface area contributed by atoms with E-state index in [1.165, 1.54) is 0 Å². The zero-order valence-corrected chi connectivity index (χ0v) is 14.3. The minimum atomic E-state index is -3.60. The maximum absolute atomic E-state index is 13.1. The van der Waals surface area contributed by atoms with Gasteiger partial charge in [0.25, 0.3) is 0 Å². The summed E-state index contributed by atoms with van der Waals surface area (Å²) >= 11 is 5.95. The van der Waals surface area contributed by atoms with Gasteiger partial charge in [-0.05, 0) is 42.3 Å². The van der Waals surface area contributed by atoms with Gasteiger partial charge >= 0.3 is 0 Å². The minimum Gasteiger partial charge on any atom is -0.313 e. The Morgan fingerprint density at radius 1 is 1.35 bits per heavy atom. The smallest absolute Gasteiger partial charge is 0.243 e. The summed E-state index contributed by atoms with van der Waals surface area (Å²) in [6.45, 7) is 3.38. The molecular weight excluding hydrogens is 334 g/mol. The molecule has 3 rings (SSSR count). The van der Waals surface area contributed by atoms with Crippen LogP contribution in [0.25, 0.3) is 0 Å². The molecule has 0 spiro atoms. The molecule has 0 amide bonds. The maximum Gasteiger partial charge on any atom is 0.243 e. The molecule has 0 radical (unpaired) electrons. The lowest BCUT2D eigenvalue weighted by Crippen LogP contribution is -2.48. The van der Waals surface area contributed by atoms with Crippen LogP contribution in [0.15, 0.2) is 47.6 Å². The van der Waals surface area contributed by atoms with Crippen molar-refractivity contribution in [1.29, 1.82) is 0 Å². The van der Waals surface area contributed by atoms with E-state index in [9.17, 15) is 8.42 Å². The van der Waals surface area contributed by atoms with Gasteiger partial charge < -0.3 is 5.32 Å². The van der Waals surface area contributed by atoms with E-state index < -0.39 is 10.0 Å². The van der Waals surface area contributed by atoms with Crippen molar-refractivity contribution in [2.24, 2.45) is 0 Å². The molecule has 2 heterocycles. The lowest BCUT2D eigenvalue weighted by atomic mass is 10.1. The fourth-order valence-electron chi connectivity index (χ4n) is 2.86. The van der Waals surface area contributed by atoms with Gasteiger partial charge in [0.1, 0.15) is 0 Å². The number of aryl methyl sites for hydroxylation is 1. The number of piperazine rings is 1. The van der Waals surface area contributed by atoms with Gasteiger partial charge in [-0.15, -0.1) is 0 Å². The van der Waals surface area contributed by atoms with E-state index in [-0.39, 0.29) is 6.04 Å². The van der Waals surface area contributed by atoms with Gasteiger partial charge in [0, 0.05) is 37.1 Å². The highest BCUT2D eigenvalue weighted by Gasteiger charge is 2.35. The summed E-state index contributed by atoms with van der Waals surface area (Å²) in [5.41, 5.74) is 1.54. The Bertz CT molecular complexity index is 796. The highest BCUT2D eigenvalue weighted by molar-refractivity contribution is 7.89. The van der Waals surface area contributed by atoms with Gasteiger partial charge in [-0.25, -0.2) is 8.42 Å². The fraction of sp³-hybridized carbons (Fsp3) is 0.312. The number of rotatable bonds is 3. The summed E-state index contributed by atoms with van der Waals surface area (Å²) in [6, 6.07) is 8.33. The normalized spacial score (nSPS) is 19.7. The second-order valence-electron chi connectivity index (χ2n) is 5.53. The molecule has 1 saturated heterocycles. The van der Waals surface area contributed by atoms with Crippen molar-refractivity contribution in [3.8, 4) is 0 Å². The zero-order chi connectivity index (χ0) is 16.4. The van der Waals surface area contributed by atoms with E-state index in [1.54, 1.807) is 41.8 Å². The average Bonchev–Trinajstić information content (AvgIpc) is 2.55. The summed E-state index contributed by atoms with van der Waals surface area (Å²) in [6.07, 6.45) is 3.40. The Morgan fingerprint density at radius 2 is 2.17 bits per heavy atom. The first-order valence-electron chi connectivity index (χ1n) is 7.39. The summed E-state index contributed by atoms with van der Waals surface area (Å²) < 4.78 is 27.8. The molecule has 0 saturated carbocycles. The van der Waals surface area contributed by atoms with Gasteiger partial charge in [0.05, 0.1) is 10.9 Å². The van der Waals surface area contributed by atoms with Crippen molar-refractivity contribution in [3.05, 3.63) is 58.9 Å². The topological polar surface area (TPSA) is 62.3 Å². The SMILES string of the molecule is Cc1cc(Cl)ccc1S(=O)(=O)N1CCNCC1c1cccnc1. The molecule has 0 aliphatic carbocycles. The molecule has 5 nitrogen and oxygen atoms in total. The lowest BCUT2D eigenvalue weighted by Gasteiger charge is -2.35. The molecule has 1 fully saturated rings. The van der Waals surface area contributed by atoms with E-state index in [0.717, 1.165) is 5.56 Å². The van der Waals surface area contributed by atoms with Crippen LogP contribution in [0.5, 0.6) is 0 Å². The van der Waals surface area contributed by atoms with Crippen molar-refractivity contribution in [1.82, 2.24) is 14.6 Å². The van der Waals surface area contributed by atoms with Crippen molar-refractivity contribution in [2.45, 2.75) is 17.9 Å². The second-order valence-corrected chi connectivity index (χ2v) is 7.83. The third-order valence-corrected chi connectivity index (χ3v) is 6.29. The maximum atomic E-state index is 13.1. The summed E-state index contributed by atoms with van der Waals surface area (Å²) in [4.78, 5) is 4.41. The fourth-order valence-corrected chi connectivity index (χ4v) is 4.91. The largest absolute Gasteiger partial charge is 0.313 e. The van der Waals surface area contributed by atoms with E-state index in [1.807, 2.05) is 12.1 Å². The van der Waals surface area contributed by atoms with Crippen LogP contribution in [0.2, 0.25) is 5.02 Å². The van der Waals surface area contributed by atoms with Gasteiger partial charge in [0.2, 0.25) is 10.0 Å². The van der Waals surface area contributed by atoms with Crippen LogP contribution in [0.1, 0.15) is 17.2 Å². The highest BCUT2D eigenvalue weighted by atomic mass is 35.5. The standard InChI is InChI=1S/C16H18ClN3O2S/c1-12-9-14(17)4-5-16(12)23(21,22)20-8-7-19-11-15(20)13-3-2-6-18-10-13/h2-6,9-10,15,19H,7-8,11H2,1H3. The predicted octanol–water partition coefficient (Wildman–Crippen LogP) is 2.38. The number of nitrogens with zero attached hydrogens (tertiary/aromatic N) is 2. The first kappa shape index (κ1) is 16.4. The molecule has 7 heteroatoms. The van der Waals surface area contributed by atoms with Crippen LogP contribution in [0, 0.1) is 6.92 Å². The van der Waals surface area contributed by atoms with E-state index in [4.69, 9.17) is 11.6 Å². The van der Waals surface area contributed by atoms with Crippen LogP contribution in [-0.4, -0.2) is 37.3 Å². The highest BCUT2D eigenvalue weighted by Crippen LogP contribution is 2.30. The molecular formula is C16H18ClN3O2S. The van der Waals surface area contributed by atoms with Crippen LogP contribution < -0.4 is 5.32 Å². The second kappa shape index (κ2) is 6.57. The third-order valence-electron chi connectivity index (χ3n) is 3.99. The van der Waals surface area contributed by atoms with Crippen LogP contribution in [0.4, 0.5) is 0 Å². The van der Waals surface area contributed by atoms with Crippen LogP contribution in [0.3, 0.4) is 0 Å². The van der Waals surface area contributed by atoms with Gasteiger partial charge in [-0.2, -0.15) is 4.31 Å². The molecule has 1 aromatic carbocycles.